The zero-order chi connectivity index (χ0) is 15.9. The summed E-state index contributed by atoms with van der Waals surface area (Å²) < 4.78 is 13.8. The Labute approximate surface area is 136 Å². The van der Waals surface area contributed by atoms with E-state index in [1.807, 2.05) is 6.07 Å². The molecule has 0 aliphatic heterocycles. The minimum absolute atomic E-state index is 0.102. The number of thioether (sulfide) groups is 1. The van der Waals surface area contributed by atoms with Gasteiger partial charge in [-0.3, -0.25) is 4.79 Å². The minimum atomic E-state index is -0.753. The number of pyridine rings is 1. The Morgan fingerprint density at radius 1 is 1.41 bits per heavy atom. The average Bonchev–Trinajstić information content (AvgIpc) is 2.50. The third-order valence-electron chi connectivity index (χ3n) is 2.77. The molecule has 2 rings (SSSR count). The van der Waals surface area contributed by atoms with E-state index in [4.69, 9.17) is 16.7 Å². The summed E-state index contributed by atoms with van der Waals surface area (Å²) >= 11 is 7.23. The van der Waals surface area contributed by atoms with Crippen LogP contribution in [0.15, 0.2) is 36.5 Å². The Balaban J connectivity index is 2.08. The van der Waals surface area contributed by atoms with Gasteiger partial charge in [0.05, 0.1) is 17.2 Å². The van der Waals surface area contributed by atoms with Crippen molar-refractivity contribution in [3.63, 3.8) is 0 Å². The summed E-state index contributed by atoms with van der Waals surface area (Å²) in [5.74, 6) is 0.310. The predicted octanol–water partition coefficient (Wildman–Crippen LogP) is 3.35. The van der Waals surface area contributed by atoms with Crippen LogP contribution in [0.1, 0.15) is 15.9 Å². The largest absolute Gasteiger partial charge is 0.396 e. The van der Waals surface area contributed by atoms with Crippen LogP contribution in [0.2, 0.25) is 5.02 Å². The van der Waals surface area contributed by atoms with Crippen molar-refractivity contribution in [2.24, 2.45) is 0 Å². The van der Waals surface area contributed by atoms with E-state index in [1.54, 1.807) is 24.0 Å². The first kappa shape index (κ1) is 16.7. The summed E-state index contributed by atoms with van der Waals surface area (Å²) in [6.45, 7) is 0.118. The second kappa shape index (κ2) is 8.12. The zero-order valence-corrected chi connectivity index (χ0v) is 13.1. The number of hydrogen-bond donors (Lipinski definition) is 2. The van der Waals surface area contributed by atoms with E-state index < -0.39 is 11.7 Å². The van der Waals surface area contributed by atoms with Crippen LogP contribution in [0.4, 0.5) is 10.2 Å². The molecule has 0 radical (unpaired) electrons. The van der Waals surface area contributed by atoms with Crippen molar-refractivity contribution >= 4 is 35.1 Å². The van der Waals surface area contributed by atoms with Crippen LogP contribution in [0.3, 0.4) is 0 Å². The molecule has 0 bridgehead atoms. The lowest BCUT2D eigenvalue weighted by atomic mass is 10.2. The number of rotatable bonds is 6. The topological polar surface area (TPSA) is 62.2 Å². The van der Waals surface area contributed by atoms with Gasteiger partial charge in [-0.05, 0) is 29.8 Å². The summed E-state index contributed by atoms with van der Waals surface area (Å²) in [4.78, 5) is 16.1. The number of amides is 1. The van der Waals surface area contributed by atoms with E-state index >= 15 is 0 Å². The van der Waals surface area contributed by atoms with Gasteiger partial charge in [0.25, 0.3) is 5.91 Å². The summed E-state index contributed by atoms with van der Waals surface area (Å²) in [5, 5.41) is 11.2. The van der Waals surface area contributed by atoms with Crippen LogP contribution < -0.4 is 5.32 Å². The maximum atomic E-state index is 13.8. The monoisotopic (exact) mass is 340 g/mol. The van der Waals surface area contributed by atoms with Gasteiger partial charge in [0, 0.05) is 17.7 Å². The number of nitrogens with zero attached hydrogens (tertiary/aromatic N) is 1. The van der Waals surface area contributed by atoms with Gasteiger partial charge in [0.15, 0.2) is 5.82 Å². The van der Waals surface area contributed by atoms with Gasteiger partial charge in [-0.1, -0.05) is 17.7 Å². The zero-order valence-electron chi connectivity index (χ0n) is 11.6. The average molecular weight is 341 g/mol. The number of aliphatic hydroxyl groups excluding tert-OH is 1. The normalized spacial score (nSPS) is 10.5. The van der Waals surface area contributed by atoms with Gasteiger partial charge in [-0.25, -0.2) is 9.37 Å². The van der Waals surface area contributed by atoms with Gasteiger partial charge in [-0.2, -0.15) is 11.8 Å². The number of benzene rings is 1. The van der Waals surface area contributed by atoms with E-state index in [0.29, 0.717) is 17.3 Å². The quantitative estimate of drug-likeness (QED) is 0.792. The highest BCUT2D eigenvalue weighted by molar-refractivity contribution is 7.98. The predicted molar refractivity (Wildman–Crippen MR) is 86.8 cm³/mol. The van der Waals surface area contributed by atoms with Crippen LogP contribution >= 0.6 is 23.4 Å². The molecule has 1 amide bonds. The molecule has 2 aromatic rings. The number of nitrogens with one attached hydrogen (secondary N) is 1. The fourth-order valence-corrected chi connectivity index (χ4v) is 2.61. The number of halogens is 2. The molecule has 1 heterocycles. The molecule has 0 spiro atoms. The van der Waals surface area contributed by atoms with Gasteiger partial charge >= 0.3 is 0 Å². The van der Waals surface area contributed by atoms with Crippen LogP contribution in [0.25, 0.3) is 0 Å². The van der Waals surface area contributed by atoms with Crippen molar-refractivity contribution in [3.05, 3.63) is 58.5 Å². The van der Waals surface area contributed by atoms with Crippen LogP contribution in [0, 0.1) is 5.82 Å². The third-order valence-corrected chi connectivity index (χ3v) is 4.07. The Bertz CT molecular complexity index is 670. The molecule has 0 fully saturated rings. The molecule has 1 aromatic carbocycles. The molecule has 0 atom stereocenters. The molecule has 4 nitrogen and oxygen atoms in total. The van der Waals surface area contributed by atoms with Crippen molar-refractivity contribution < 1.29 is 14.3 Å². The first-order chi connectivity index (χ1) is 10.6. The summed E-state index contributed by atoms with van der Waals surface area (Å²) in [5.41, 5.74) is 0.824. The maximum Gasteiger partial charge on any atom is 0.259 e. The third kappa shape index (κ3) is 4.43. The molecular weight excluding hydrogens is 327 g/mol. The molecule has 22 heavy (non-hydrogen) atoms. The van der Waals surface area contributed by atoms with Crippen molar-refractivity contribution in [2.75, 3.05) is 17.7 Å². The summed E-state index contributed by atoms with van der Waals surface area (Å²) in [7, 11) is 0. The van der Waals surface area contributed by atoms with Crippen LogP contribution in [0.5, 0.6) is 0 Å². The standard InChI is InChI=1S/C15H14ClFN2O2S/c16-12-3-1-2-11(14(12)17)15(21)19-13-8-10(4-5-18-13)9-22-7-6-20/h1-5,8,20H,6-7,9H2,(H,18,19,21). The highest BCUT2D eigenvalue weighted by Gasteiger charge is 2.14. The molecular formula is C15H14ClFN2O2S. The molecule has 2 N–H and O–H groups in total. The highest BCUT2D eigenvalue weighted by Crippen LogP contribution is 2.19. The Morgan fingerprint density at radius 2 is 2.23 bits per heavy atom. The Hall–Kier alpha value is -1.63. The Morgan fingerprint density at radius 3 is 3.00 bits per heavy atom. The lowest BCUT2D eigenvalue weighted by molar-refractivity contribution is 0.102. The lowest BCUT2D eigenvalue weighted by Gasteiger charge is -2.07. The number of aromatic nitrogens is 1. The van der Waals surface area contributed by atoms with Crippen LogP contribution in [-0.4, -0.2) is 28.4 Å². The fraction of sp³-hybridized carbons (Fsp3) is 0.200. The Kier molecular flexibility index (Phi) is 6.18. The second-order valence-corrected chi connectivity index (χ2v) is 5.89. The first-order valence-electron chi connectivity index (χ1n) is 6.50. The van der Waals surface area contributed by atoms with Gasteiger partial charge in [-0.15, -0.1) is 0 Å². The second-order valence-electron chi connectivity index (χ2n) is 4.38. The van der Waals surface area contributed by atoms with Crippen molar-refractivity contribution in [2.45, 2.75) is 5.75 Å². The smallest absolute Gasteiger partial charge is 0.259 e. The van der Waals surface area contributed by atoms with E-state index in [9.17, 15) is 9.18 Å². The van der Waals surface area contributed by atoms with Gasteiger partial charge in [0.2, 0.25) is 0 Å². The van der Waals surface area contributed by atoms with Crippen LogP contribution in [-0.2, 0) is 5.75 Å². The lowest BCUT2D eigenvalue weighted by Crippen LogP contribution is -2.15. The van der Waals surface area contributed by atoms with Crippen molar-refractivity contribution in [1.29, 1.82) is 0 Å². The number of anilines is 1. The fourth-order valence-electron chi connectivity index (χ4n) is 1.75. The summed E-state index contributed by atoms with van der Waals surface area (Å²) in [6.07, 6.45) is 1.57. The summed E-state index contributed by atoms with van der Waals surface area (Å²) in [6, 6.07) is 7.78. The minimum Gasteiger partial charge on any atom is -0.396 e. The van der Waals surface area contributed by atoms with Gasteiger partial charge < -0.3 is 10.4 Å². The van der Waals surface area contributed by atoms with E-state index in [0.717, 1.165) is 5.56 Å². The van der Waals surface area contributed by atoms with Crippen molar-refractivity contribution in [1.82, 2.24) is 4.98 Å². The highest BCUT2D eigenvalue weighted by atomic mass is 35.5. The first-order valence-corrected chi connectivity index (χ1v) is 8.04. The number of aliphatic hydroxyl groups is 1. The number of carbonyl (C=O) groups excluding carboxylic acids is 1. The molecule has 116 valence electrons. The molecule has 0 saturated heterocycles. The molecule has 0 aliphatic rings. The SMILES string of the molecule is O=C(Nc1cc(CSCCO)ccn1)c1cccc(Cl)c1F. The molecule has 0 saturated carbocycles. The van der Waals surface area contributed by atoms with Gasteiger partial charge in [0.1, 0.15) is 5.82 Å². The number of hydrogen-bond acceptors (Lipinski definition) is 4. The molecule has 7 heteroatoms. The van der Waals surface area contributed by atoms with E-state index in [-0.39, 0.29) is 17.2 Å². The molecule has 1 aromatic heterocycles. The van der Waals surface area contributed by atoms with E-state index in [2.05, 4.69) is 10.3 Å². The maximum absolute atomic E-state index is 13.8. The van der Waals surface area contributed by atoms with E-state index in [1.165, 1.54) is 18.2 Å². The molecule has 0 unspecified atom stereocenters. The van der Waals surface area contributed by atoms with Crippen molar-refractivity contribution in [3.8, 4) is 0 Å². The number of carbonyl (C=O) groups is 1. The molecule has 0 aliphatic carbocycles.